The van der Waals surface area contributed by atoms with E-state index in [0.29, 0.717) is 33.0 Å². The van der Waals surface area contributed by atoms with Crippen molar-refractivity contribution < 1.29 is 18.4 Å². The Balaban J connectivity index is 1.31. The Morgan fingerprint density at radius 3 is 1.41 bits per heavy atom. The first-order valence-electron chi connectivity index (χ1n) is 10.3. The Hall–Kier alpha value is -3.62. The van der Waals surface area contributed by atoms with Gasteiger partial charge in [-0.3, -0.25) is 9.59 Å². The molecule has 0 radical (unpaired) electrons. The molecule has 4 rings (SSSR count). The summed E-state index contributed by atoms with van der Waals surface area (Å²) in [5.74, 6) is 0.0384. The van der Waals surface area contributed by atoms with E-state index in [1.807, 2.05) is 24.3 Å². The van der Waals surface area contributed by atoms with Crippen LogP contribution >= 0.6 is 23.2 Å². The molecule has 0 bridgehead atoms. The van der Waals surface area contributed by atoms with Crippen molar-refractivity contribution in [1.29, 1.82) is 0 Å². The Bertz CT molecular complexity index is 1220. The maximum atomic E-state index is 12.2. The number of carbonyl (C=O) groups excluding carboxylic acids is 2. The third kappa shape index (κ3) is 5.47. The van der Waals surface area contributed by atoms with Gasteiger partial charge in [0.1, 0.15) is 0 Å². The summed E-state index contributed by atoms with van der Waals surface area (Å²) in [4.78, 5) is 33.0. The fourth-order valence-corrected chi connectivity index (χ4v) is 3.52. The summed E-state index contributed by atoms with van der Waals surface area (Å²) >= 11 is 11.8. The molecule has 0 aliphatic rings. The van der Waals surface area contributed by atoms with Crippen LogP contribution in [0.3, 0.4) is 0 Å². The van der Waals surface area contributed by atoms with Gasteiger partial charge in [-0.05, 0) is 62.4 Å². The number of amides is 2. The number of aryl methyl sites for hydroxylation is 2. The minimum Gasteiger partial charge on any atom is -0.438 e. The zero-order chi connectivity index (χ0) is 24.2. The molecule has 8 nitrogen and oxygen atoms in total. The largest absolute Gasteiger partial charge is 0.438 e. The lowest BCUT2D eigenvalue weighted by Crippen LogP contribution is -2.39. The second-order valence-corrected chi connectivity index (χ2v) is 8.30. The van der Waals surface area contributed by atoms with Crippen LogP contribution in [0.5, 0.6) is 0 Å². The third-order valence-electron chi connectivity index (χ3n) is 4.90. The Morgan fingerprint density at radius 2 is 1.06 bits per heavy atom. The molecule has 34 heavy (non-hydrogen) atoms. The van der Waals surface area contributed by atoms with Crippen LogP contribution in [0.15, 0.2) is 57.4 Å². The number of hydrogen-bond acceptors (Lipinski definition) is 6. The molecule has 0 saturated carbocycles. The van der Waals surface area contributed by atoms with Crippen molar-refractivity contribution in [2.75, 3.05) is 0 Å². The minimum atomic E-state index is -0.829. The topological polar surface area (TPSA) is 110 Å². The van der Waals surface area contributed by atoms with Crippen LogP contribution in [-0.2, 0) is 22.7 Å². The molecule has 10 heteroatoms. The Labute approximate surface area is 205 Å². The van der Waals surface area contributed by atoms with Crippen LogP contribution in [-0.4, -0.2) is 21.8 Å². The first-order valence-corrected chi connectivity index (χ1v) is 11.1. The van der Waals surface area contributed by atoms with E-state index in [-0.39, 0.29) is 24.9 Å². The van der Waals surface area contributed by atoms with Gasteiger partial charge in [0.25, 0.3) is 0 Å². The molecule has 0 atom stereocenters. The van der Waals surface area contributed by atoms with Crippen molar-refractivity contribution in [3.63, 3.8) is 0 Å². The lowest BCUT2D eigenvalue weighted by molar-refractivity contribution is -0.139. The maximum absolute atomic E-state index is 12.2. The second-order valence-electron chi connectivity index (χ2n) is 7.42. The van der Waals surface area contributed by atoms with Gasteiger partial charge in [0, 0.05) is 21.2 Å². The number of hydrogen-bond donors (Lipinski definition) is 2. The summed E-state index contributed by atoms with van der Waals surface area (Å²) in [6.07, 6.45) is 0. The second kappa shape index (κ2) is 10.1. The number of halogens is 2. The van der Waals surface area contributed by atoms with Gasteiger partial charge in [0.2, 0.25) is 11.8 Å². The van der Waals surface area contributed by atoms with E-state index in [9.17, 15) is 9.59 Å². The lowest BCUT2D eigenvalue weighted by atomic mass is 10.1. The van der Waals surface area contributed by atoms with Crippen LogP contribution in [0.4, 0.5) is 0 Å². The van der Waals surface area contributed by atoms with Crippen LogP contribution in [0, 0.1) is 13.8 Å². The van der Waals surface area contributed by atoms with Crippen molar-refractivity contribution in [2.24, 2.45) is 0 Å². The molecule has 0 aliphatic heterocycles. The molecule has 4 aromatic rings. The van der Waals surface area contributed by atoms with E-state index in [2.05, 4.69) is 20.6 Å². The highest BCUT2D eigenvalue weighted by Gasteiger charge is 2.18. The SMILES string of the molecule is Cc1nc(CNC(=O)C(=O)NCc2nc(C)c(-c3ccc(Cl)cc3)o2)oc1-c1ccc(Cl)cc1. The molecular weight excluding hydrogens is 479 g/mol. The van der Waals surface area contributed by atoms with E-state index >= 15 is 0 Å². The van der Waals surface area contributed by atoms with Crippen molar-refractivity contribution in [3.8, 4) is 22.6 Å². The summed E-state index contributed by atoms with van der Waals surface area (Å²) in [6.45, 7) is 3.50. The molecule has 2 aromatic heterocycles. The first kappa shape index (κ1) is 23.5. The number of carbonyl (C=O) groups is 2. The van der Waals surface area contributed by atoms with Crippen LogP contribution < -0.4 is 10.6 Å². The zero-order valence-electron chi connectivity index (χ0n) is 18.3. The Morgan fingerprint density at radius 1 is 0.706 bits per heavy atom. The molecule has 2 amide bonds. The quantitative estimate of drug-likeness (QED) is 0.367. The van der Waals surface area contributed by atoms with Gasteiger partial charge in [-0.2, -0.15) is 0 Å². The van der Waals surface area contributed by atoms with Crippen molar-refractivity contribution >= 4 is 35.0 Å². The average molecular weight is 499 g/mol. The summed E-state index contributed by atoms with van der Waals surface area (Å²) in [7, 11) is 0. The van der Waals surface area contributed by atoms with Gasteiger partial charge in [0.15, 0.2) is 11.5 Å². The number of benzene rings is 2. The summed E-state index contributed by atoms with van der Waals surface area (Å²) in [5, 5.41) is 6.21. The van der Waals surface area contributed by atoms with Gasteiger partial charge >= 0.3 is 11.8 Å². The van der Waals surface area contributed by atoms with Crippen molar-refractivity contribution in [3.05, 3.63) is 81.7 Å². The molecule has 174 valence electrons. The number of aromatic nitrogens is 2. The zero-order valence-corrected chi connectivity index (χ0v) is 19.8. The summed E-state index contributed by atoms with van der Waals surface area (Å²) < 4.78 is 11.5. The minimum absolute atomic E-state index is 0.0422. The van der Waals surface area contributed by atoms with E-state index < -0.39 is 11.8 Å². The number of nitrogens with zero attached hydrogens (tertiary/aromatic N) is 2. The van der Waals surface area contributed by atoms with Gasteiger partial charge in [-0.15, -0.1) is 0 Å². The number of nitrogens with one attached hydrogen (secondary N) is 2. The highest BCUT2D eigenvalue weighted by molar-refractivity contribution is 6.35. The fourth-order valence-electron chi connectivity index (χ4n) is 3.27. The van der Waals surface area contributed by atoms with E-state index in [1.165, 1.54) is 0 Å². The first-order chi connectivity index (χ1) is 16.3. The fraction of sp³-hybridized carbons (Fsp3) is 0.167. The molecule has 0 unspecified atom stereocenters. The lowest BCUT2D eigenvalue weighted by Gasteiger charge is -2.03. The molecule has 2 heterocycles. The monoisotopic (exact) mass is 498 g/mol. The Kier molecular flexibility index (Phi) is 7.00. The molecular formula is C24H20Cl2N4O4. The summed E-state index contributed by atoms with van der Waals surface area (Å²) in [5.41, 5.74) is 2.94. The van der Waals surface area contributed by atoms with Crippen LogP contribution in [0.25, 0.3) is 22.6 Å². The van der Waals surface area contributed by atoms with Crippen molar-refractivity contribution in [2.45, 2.75) is 26.9 Å². The predicted octanol–water partition coefficient (Wildman–Crippen LogP) is 4.85. The van der Waals surface area contributed by atoms with E-state index in [4.69, 9.17) is 32.0 Å². The molecule has 2 N–H and O–H groups in total. The number of rotatable bonds is 6. The van der Waals surface area contributed by atoms with Gasteiger partial charge in [-0.1, -0.05) is 23.2 Å². The molecule has 0 aliphatic carbocycles. The molecule has 0 fully saturated rings. The smallest absolute Gasteiger partial charge is 0.309 e. The highest BCUT2D eigenvalue weighted by atomic mass is 35.5. The predicted molar refractivity (Wildman–Crippen MR) is 127 cm³/mol. The molecule has 0 saturated heterocycles. The third-order valence-corrected chi connectivity index (χ3v) is 5.41. The van der Waals surface area contributed by atoms with E-state index in [1.54, 1.807) is 38.1 Å². The highest BCUT2D eigenvalue weighted by Crippen LogP contribution is 2.27. The van der Waals surface area contributed by atoms with Gasteiger partial charge in [0.05, 0.1) is 24.5 Å². The summed E-state index contributed by atoms with van der Waals surface area (Å²) in [6, 6.07) is 14.2. The van der Waals surface area contributed by atoms with Crippen molar-refractivity contribution in [1.82, 2.24) is 20.6 Å². The molecule has 2 aromatic carbocycles. The van der Waals surface area contributed by atoms with E-state index in [0.717, 1.165) is 11.1 Å². The van der Waals surface area contributed by atoms with Gasteiger partial charge < -0.3 is 19.5 Å². The standard InChI is InChI=1S/C24H20Cl2N4O4/c1-13-21(15-3-7-17(25)8-4-15)33-19(29-13)11-27-23(31)24(32)28-12-20-30-14(2)22(34-20)16-5-9-18(26)10-6-16/h3-10H,11-12H2,1-2H3,(H,27,31)(H,28,32). The van der Waals surface area contributed by atoms with Crippen LogP contribution in [0.1, 0.15) is 23.2 Å². The molecule has 0 spiro atoms. The van der Waals surface area contributed by atoms with Gasteiger partial charge in [-0.25, -0.2) is 9.97 Å². The maximum Gasteiger partial charge on any atom is 0.309 e. The normalized spacial score (nSPS) is 10.8. The average Bonchev–Trinajstić information content (AvgIpc) is 3.38. The van der Waals surface area contributed by atoms with Crippen LogP contribution in [0.2, 0.25) is 10.0 Å². The number of oxazole rings is 2.